The van der Waals surface area contributed by atoms with Crippen molar-refractivity contribution in [1.82, 2.24) is 14.9 Å². The molecule has 3 rings (SSSR count). The first-order chi connectivity index (χ1) is 11.1. The standard InChI is InChI=1S/C18H21N3O2/c1-12-11-15(13(2)23-12)18(22)19-9-6-10-21-14(3)20-16-7-4-5-8-17(16)21/h4-5,7-8,11H,6,9-10H2,1-3H3,(H,19,22). The summed E-state index contributed by atoms with van der Waals surface area (Å²) < 4.78 is 7.58. The van der Waals surface area contributed by atoms with E-state index >= 15 is 0 Å². The molecule has 5 heteroatoms. The summed E-state index contributed by atoms with van der Waals surface area (Å²) in [5.41, 5.74) is 2.77. The molecule has 0 unspecified atom stereocenters. The molecule has 0 aliphatic heterocycles. The second-order valence-corrected chi connectivity index (χ2v) is 5.74. The van der Waals surface area contributed by atoms with Crippen LogP contribution in [0.3, 0.4) is 0 Å². The highest BCUT2D eigenvalue weighted by Crippen LogP contribution is 2.16. The van der Waals surface area contributed by atoms with Crippen LogP contribution in [0.1, 0.15) is 34.1 Å². The lowest BCUT2D eigenvalue weighted by Crippen LogP contribution is -2.25. The molecule has 0 radical (unpaired) electrons. The summed E-state index contributed by atoms with van der Waals surface area (Å²) >= 11 is 0. The number of nitrogens with zero attached hydrogens (tertiary/aromatic N) is 2. The first-order valence-electron chi connectivity index (χ1n) is 7.83. The fourth-order valence-electron chi connectivity index (χ4n) is 2.87. The highest BCUT2D eigenvalue weighted by atomic mass is 16.3. The molecule has 0 saturated carbocycles. The third-order valence-corrected chi connectivity index (χ3v) is 3.98. The molecule has 23 heavy (non-hydrogen) atoms. The Morgan fingerprint density at radius 2 is 2.04 bits per heavy atom. The van der Waals surface area contributed by atoms with E-state index in [1.165, 1.54) is 0 Å². The predicted octanol–water partition coefficient (Wildman–Crippen LogP) is 3.37. The summed E-state index contributed by atoms with van der Waals surface area (Å²) in [5, 5.41) is 2.95. The van der Waals surface area contributed by atoms with Gasteiger partial charge in [-0.25, -0.2) is 4.98 Å². The Morgan fingerprint density at radius 1 is 1.26 bits per heavy atom. The molecule has 0 spiro atoms. The van der Waals surface area contributed by atoms with Gasteiger partial charge in [0.25, 0.3) is 5.91 Å². The van der Waals surface area contributed by atoms with Crippen molar-refractivity contribution in [3.8, 4) is 0 Å². The predicted molar refractivity (Wildman–Crippen MR) is 89.6 cm³/mol. The number of para-hydroxylation sites is 2. The maximum atomic E-state index is 12.1. The van der Waals surface area contributed by atoms with Gasteiger partial charge in [-0.05, 0) is 45.4 Å². The van der Waals surface area contributed by atoms with Crippen molar-refractivity contribution in [3.63, 3.8) is 0 Å². The Kier molecular flexibility index (Phi) is 4.19. The molecule has 3 aromatic rings. The molecule has 5 nitrogen and oxygen atoms in total. The molecule has 0 aliphatic carbocycles. The van der Waals surface area contributed by atoms with Crippen LogP contribution < -0.4 is 5.32 Å². The summed E-state index contributed by atoms with van der Waals surface area (Å²) in [6.07, 6.45) is 0.850. The SMILES string of the molecule is Cc1cc(C(=O)NCCCn2c(C)nc3ccccc32)c(C)o1. The van der Waals surface area contributed by atoms with Crippen molar-refractivity contribution in [2.24, 2.45) is 0 Å². The van der Waals surface area contributed by atoms with Crippen LogP contribution in [0.15, 0.2) is 34.7 Å². The Bertz CT molecular complexity index is 845. The van der Waals surface area contributed by atoms with Crippen LogP contribution in [-0.4, -0.2) is 22.0 Å². The van der Waals surface area contributed by atoms with Gasteiger partial charge in [0, 0.05) is 13.1 Å². The summed E-state index contributed by atoms with van der Waals surface area (Å²) in [5.74, 6) is 2.34. The Balaban J connectivity index is 1.58. The lowest BCUT2D eigenvalue weighted by atomic mass is 10.2. The van der Waals surface area contributed by atoms with Gasteiger partial charge in [0.1, 0.15) is 17.3 Å². The fourth-order valence-corrected chi connectivity index (χ4v) is 2.87. The van der Waals surface area contributed by atoms with Gasteiger partial charge in [-0.2, -0.15) is 0 Å². The monoisotopic (exact) mass is 311 g/mol. The van der Waals surface area contributed by atoms with E-state index in [2.05, 4.69) is 20.9 Å². The second-order valence-electron chi connectivity index (χ2n) is 5.74. The van der Waals surface area contributed by atoms with Crippen molar-refractivity contribution < 1.29 is 9.21 Å². The van der Waals surface area contributed by atoms with Gasteiger partial charge in [0.15, 0.2) is 0 Å². The van der Waals surface area contributed by atoms with Crippen molar-refractivity contribution >= 4 is 16.9 Å². The molecule has 1 N–H and O–H groups in total. The normalized spacial score (nSPS) is 11.1. The highest BCUT2D eigenvalue weighted by molar-refractivity contribution is 5.95. The van der Waals surface area contributed by atoms with E-state index in [1.54, 1.807) is 6.07 Å². The molecule has 120 valence electrons. The smallest absolute Gasteiger partial charge is 0.254 e. The first-order valence-corrected chi connectivity index (χ1v) is 7.83. The zero-order valence-electron chi connectivity index (χ0n) is 13.7. The maximum absolute atomic E-state index is 12.1. The molecule has 2 aromatic heterocycles. The number of amides is 1. The number of furan rings is 1. The molecular weight excluding hydrogens is 290 g/mol. The van der Waals surface area contributed by atoms with Gasteiger partial charge in [0.05, 0.1) is 16.6 Å². The van der Waals surface area contributed by atoms with Crippen LogP contribution in [0.5, 0.6) is 0 Å². The number of benzene rings is 1. The zero-order valence-corrected chi connectivity index (χ0v) is 13.7. The van der Waals surface area contributed by atoms with Gasteiger partial charge in [-0.15, -0.1) is 0 Å². The zero-order chi connectivity index (χ0) is 16.4. The number of rotatable bonds is 5. The number of hydrogen-bond acceptors (Lipinski definition) is 3. The number of carbonyl (C=O) groups is 1. The van der Waals surface area contributed by atoms with Crippen LogP contribution in [0, 0.1) is 20.8 Å². The maximum Gasteiger partial charge on any atom is 0.254 e. The van der Waals surface area contributed by atoms with Gasteiger partial charge < -0.3 is 14.3 Å². The number of fused-ring (bicyclic) bond motifs is 1. The van der Waals surface area contributed by atoms with E-state index in [4.69, 9.17) is 4.42 Å². The Labute approximate surface area is 135 Å². The summed E-state index contributed by atoms with van der Waals surface area (Å²) in [6.45, 7) is 7.11. The quantitative estimate of drug-likeness (QED) is 0.735. The third kappa shape index (κ3) is 3.13. The van der Waals surface area contributed by atoms with Crippen LogP contribution in [-0.2, 0) is 6.54 Å². The van der Waals surface area contributed by atoms with Crippen molar-refractivity contribution in [2.45, 2.75) is 33.7 Å². The first kappa shape index (κ1) is 15.3. The molecular formula is C18H21N3O2. The van der Waals surface area contributed by atoms with Gasteiger partial charge in [-0.3, -0.25) is 4.79 Å². The summed E-state index contributed by atoms with van der Waals surface area (Å²) in [7, 11) is 0. The van der Waals surface area contributed by atoms with E-state index in [9.17, 15) is 4.79 Å². The molecule has 1 aromatic carbocycles. The summed E-state index contributed by atoms with van der Waals surface area (Å²) in [4.78, 5) is 16.7. The van der Waals surface area contributed by atoms with Crippen LogP contribution >= 0.6 is 0 Å². The lowest BCUT2D eigenvalue weighted by Gasteiger charge is -2.08. The largest absolute Gasteiger partial charge is 0.466 e. The summed E-state index contributed by atoms with van der Waals surface area (Å²) in [6, 6.07) is 9.88. The molecule has 1 amide bonds. The van der Waals surface area contributed by atoms with E-state index < -0.39 is 0 Å². The number of aryl methyl sites for hydroxylation is 4. The van der Waals surface area contributed by atoms with Crippen molar-refractivity contribution in [2.75, 3.05) is 6.54 Å². The minimum absolute atomic E-state index is 0.0773. The van der Waals surface area contributed by atoms with Gasteiger partial charge >= 0.3 is 0 Å². The number of imidazole rings is 1. The minimum atomic E-state index is -0.0773. The molecule has 2 heterocycles. The second kappa shape index (κ2) is 6.28. The van der Waals surface area contributed by atoms with Crippen LogP contribution in [0.4, 0.5) is 0 Å². The van der Waals surface area contributed by atoms with Crippen molar-refractivity contribution in [1.29, 1.82) is 0 Å². The Morgan fingerprint density at radius 3 is 2.78 bits per heavy atom. The molecule has 0 atom stereocenters. The third-order valence-electron chi connectivity index (χ3n) is 3.98. The van der Waals surface area contributed by atoms with E-state index in [0.717, 1.165) is 35.6 Å². The molecule has 0 saturated heterocycles. The average molecular weight is 311 g/mol. The van der Waals surface area contributed by atoms with E-state index in [0.29, 0.717) is 17.9 Å². The fraction of sp³-hybridized carbons (Fsp3) is 0.333. The number of carbonyl (C=O) groups excluding carboxylic acids is 1. The van der Waals surface area contributed by atoms with E-state index in [-0.39, 0.29) is 5.91 Å². The number of nitrogens with one attached hydrogen (secondary N) is 1. The molecule has 0 fully saturated rings. The van der Waals surface area contributed by atoms with Gasteiger partial charge in [-0.1, -0.05) is 12.1 Å². The minimum Gasteiger partial charge on any atom is -0.466 e. The highest BCUT2D eigenvalue weighted by Gasteiger charge is 2.13. The Hall–Kier alpha value is -2.56. The van der Waals surface area contributed by atoms with Crippen molar-refractivity contribution in [3.05, 3.63) is 53.2 Å². The van der Waals surface area contributed by atoms with Gasteiger partial charge in [0.2, 0.25) is 0 Å². The topological polar surface area (TPSA) is 60.1 Å². The number of hydrogen-bond donors (Lipinski definition) is 1. The lowest BCUT2D eigenvalue weighted by molar-refractivity contribution is 0.0951. The van der Waals surface area contributed by atoms with E-state index in [1.807, 2.05) is 39.0 Å². The molecule has 0 aliphatic rings. The average Bonchev–Trinajstić information content (AvgIpc) is 3.02. The van der Waals surface area contributed by atoms with Crippen LogP contribution in [0.2, 0.25) is 0 Å². The molecule has 0 bridgehead atoms. The van der Waals surface area contributed by atoms with Crippen LogP contribution in [0.25, 0.3) is 11.0 Å². The number of aromatic nitrogens is 2.